The number of hydrogen-bond donors (Lipinski definition) is 1. The van der Waals surface area contributed by atoms with Gasteiger partial charge in [-0.1, -0.05) is 17.7 Å². The van der Waals surface area contributed by atoms with E-state index in [0.29, 0.717) is 16.5 Å². The summed E-state index contributed by atoms with van der Waals surface area (Å²) >= 11 is 9.31. The Morgan fingerprint density at radius 3 is 2.35 bits per heavy atom. The molecule has 6 heteroatoms. The van der Waals surface area contributed by atoms with Gasteiger partial charge in [-0.3, -0.25) is 0 Å². The van der Waals surface area contributed by atoms with Gasteiger partial charge in [0.1, 0.15) is 0 Å². The molecule has 0 heterocycles. The van der Waals surface area contributed by atoms with Crippen molar-refractivity contribution in [3.63, 3.8) is 0 Å². The van der Waals surface area contributed by atoms with Gasteiger partial charge in [0.05, 0.1) is 9.92 Å². The van der Waals surface area contributed by atoms with Crippen molar-refractivity contribution in [3.8, 4) is 0 Å². The molecular formula is C14H13BrClNO2S. The van der Waals surface area contributed by atoms with Crippen molar-refractivity contribution >= 4 is 43.1 Å². The predicted octanol–water partition coefficient (Wildman–Crippen LogP) is 4.12. The summed E-state index contributed by atoms with van der Waals surface area (Å²) < 4.78 is 23.6. The van der Waals surface area contributed by atoms with Gasteiger partial charge in [-0.05, 0) is 57.9 Å². The second-order valence-corrected chi connectivity index (χ2v) is 7.68. The number of benzene rings is 2. The largest absolute Gasteiger partial charge is 0.381 e. The highest BCUT2D eigenvalue weighted by Gasteiger charge is 2.06. The lowest BCUT2D eigenvalue weighted by Gasteiger charge is -2.08. The molecule has 0 atom stereocenters. The second kappa shape index (κ2) is 6.16. The summed E-state index contributed by atoms with van der Waals surface area (Å²) in [5.41, 5.74) is 1.94. The number of anilines is 1. The van der Waals surface area contributed by atoms with E-state index in [1.807, 2.05) is 18.2 Å². The van der Waals surface area contributed by atoms with Gasteiger partial charge in [0, 0.05) is 23.0 Å². The molecule has 2 aromatic rings. The maximum atomic E-state index is 11.4. The molecule has 3 nitrogen and oxygen atoms in total. The lowest BCUT2D eigenvalue weighted by Crippen LogP contribution is -2.01. The van der Waals surface area contributed by atoms with Crippen LogP contribution in [0.1, 0.15) is 5.56 Å². The van der Waals surface area contributed by atoms with E-state index in [-0.39, 0.29) is 0 Å². The quantitative estimate of drug-likeness (QED) is 0.875. The number of rotatable bonds is 4. The average Bonchev–Trinajstić information content (AvgIpc) is 2.40. The Kier molecular flexibility index (Phi) is 4.73. The first kappa shape index (κ1) is 15.4. The number of nitrogens with one attached hydrogen (secondary N) is 1. The number of hydrogen-bond acceptors (Lipinski definition) is 3. The molecule has 0 saturated heterocycles. The predicted molar refractivity (Wildman–Crippen MR) is 86.0 cm³/mol. The highest BCUT2D eigenvalue weighted by Crippen LogP contribution is 2.23. The highest BCUT2D eigenvalue weighted by molar-refractivity contribution is 9.10. The topological polar surface area (TPSA) is 46.2 Å². The molecule has 0 spiro atoms. The molecule has 0 fully saturated rings. The third kappa shape index (κ3) is 3.98. The van der Waals surface area contributed by atoms with Crippen molar-refractivity contribution in [2.45, 2.75) is 11.4 Å². The third-order valence-electron chi connectivity index (χ3n) is 2.76. The zero-order valence-electron chi connectivity index (χ0n) is 10.7. The van der Waals surface area contributed by atoms with Crippen LogP contribution in [0.5, 0.6) is 0 Å². The zero-order chi connectivity index (χ0) is 14.8. The minimum atomic E-state index is -3.15. The van der Waals surface area contributed by atoms with Gasteiger partial charge in [0.2, 0.25) is 0 Å². The molecule has 0 aromatic heterocycles. The van der Waals surface area contributed by atoms with Crippen LogP contribution in [0, 0.1) is 0 Å². The molecule has 0 aliphatic rings. The van der Waals surface area contributed by atoms with E-state index in [9.17, 15) is 8.42 Å². The smallest absolute Gasteiger partial charge is 0.175 e. The first-order valence-electron chi connectivity index (χ1n) is 5.84. The standard InChI is InChI=1S/C14H13BrClNO2S/c1-20(18,19)12-5-3-11(4-6-12)17-9-10-2-7-14(16)13(15)8-10/h2-8,17H,9H2,1H3. The van der Waals surface area contributed by atoms with E-state index in [1.165, 1.54) is 6.26 Å². The number of sulfone groups is 1. The molecule has 0 aliphatic heterocycles. The molecule has 20 heavy (non-hydrogen) atoms. The summed E-state index contributed by atoms with van der Waals surface area (Å²) in [5, 5.41) is 3.90. The van der Waals surface area contributed by atoms with Crippen molar-refractivity contribution in [2.75, 3.05) is 11.6 Å². The van der Waals surface area contributed by atoms with E-state index in [4.69, 9.17) is 11.6 Å². The van der Waals surface area contributed by atoms with Crippen LogP contribution in [-0.2, 0) is 16.4 Å². The molecular weight excluding hydrogens is 362 g/mol. The fourth-order valence-electron chi connectivity index (χ4n) is 1.67. The Bertz CT molecular complexity index is 714. The van der Waals surface area contributed by atoms with Crippen molar-refractivity contribution in [2.24, 2.45) is 0 Å². The third-order valence-corrected chi connectivity index (χ3v) is 5.11. The Labute approximate surface area is 132 Å². The summed E-state index contributed by atoms with van der Waals surface area (Å²) in [6.45, 7) is 0.633. The van der Waals surface area contributed by atoms with Crippen molar-refractivity contribution in [1.29, 1.82) is 0 Å². The van der Waals surface area contributed by atoms with E-state index in [1.54, 1.807) is 24.3 Å². The normalized spacial score (nSPS) is 11.3. The first-order valence-corrected chi connectivity index (χ1v) is 8.90. The van der Waals surface area contributed by atoms with Gasteiger partial charge in [0.15, 0.2) is 9.84 Å². The minimum Gasteiger partial charge on any atom is -0.381 e. The van der Waals surface area contributed by atoms with E-state index >= 15 is 0 Å². The molecule has 1 N–H and O–H groups in total. The van der Waals surface area contributed by atoms with Crippen molar-refractivity contribution in [1.82, 2.24) is 0 Å². The maximum Gasteiger partial charge on any atom is 0.175 e. The molecule has 2 rings (SSSR count). The summed E-state index contributed by atoms with van der Waals surface area (Å²) in [6, 6.07) is 12.4. The second-order valence-electron chi connectivity index (χ2n) is 4.40. The van der Waals surface area contributed by atoms with Crippen LogP contribution in [0.25, 0.3) is 0 Å². The van der Waals surface area contributed by atoms with E-state index < -0.39 is 9.84 Å². The van der Waals surface area contributed by atoms with E-state index in [0.717, 1.165) is 15.7 Å². The lowest BCUT2D eigenvalue weighted by molar-refractivity contribution is 0.602. The van der Waals surface area contributed by atoms with Crippen LogP contribution in [0.15, 0.2) is 51.8 Å². The summed E-state index contributed by atoms with van der Waals surface area (Å²) in [7, 11) is -3.15. The minimum absolute atomic E-state index is 0.317. The first-order chi connectivity index (χ1) is 9.36. The van der Waals surface area contributed by atoms with E-state index in [2.05, 4.69) is 21.2 Å². The maximum absolute atomic E-state index is 11.4. The fraction of sp³-hybridized carbons (Fsp3) is 0.143. The van der Waals surface area contributed by atoms with Crippen LogP contribution in [0.3, 0.4) is 0 Å². The number of halogens is 2. The van der Waals surface area contributed by atoms with Crippen LogP contribution in [0.2, 0.25) is 5.02 Å². The van der Waals surface area contributed by atoms with Crippen LogP contribution in [0.4, 0.5) is 5.69 Å². The molecule has 0 saturated carbocycles. The van der Waals surface area contributed by atoms with Crippen LogP contribution in [-0.4, -0.2) is 14.7 Å². The van der Waals surface area contributed by atoms with Gasteiger partial charge in [0.25, 0.3) is 0 Å². The Morgan fingerprint density at radius 1 is 1.15 bits per heavy atom. The SMILES string of the molecule is CS(=O)(=O)c1ccc(NCc2ccc(Cl)c(Br)c2)cc1. The van der Waals surface area contributed by atoms with Gasteiger partial charge >= 0.3 is 0 Å². The molecule has 0 aliphatic carbocycles. The zero-order valence-corrected chi connectivity index (χ0v) is 13.9. The van der Waals surface area contributed by atoms with Crippen molar-refractivity contribution < 1.29 is 8.42 Å². The van der Waals surface area contributed by atoms with Crippen molar-refractivity contribution in [3.05, 3.63) is 57.5 Å². The van der Waals surface area contributed by atoms with Gasteiger partial charge in [-0.15, -0.1) is 0 Å². The average molecular weight is 375 g/mol. The molecule has 0 unspecified atom stereocenters. The summed E-state index contributed by atoms with van der Waals surface area (Å²) in [4.78, 5) is 0.317. The van der Waals surface area contributed by atoms with Crippen LogP contribution >= 0.6 is 27.5 Å². The van der Waals surface area contributed by atoms with Crippen LogP contribution < -0.4 is 5.32 Å². The molecule has 106 valence electrons. The van der Waals surface area contributed by atoms with Gasteiger partial charge in [-0.2, -0.15) is 0 Å². The monoisotopic (exact) mass is 373 g/mol. The summed E-state index contributed by atoms with van der Waals surface area (Å²) in [6.07, 6.45) is 1.20. The Balaban J connectivity index is 2.06. The molecule has 2 aromatic carbocycles. The van der Waals surface area contributed by atoms with Gasteiger partial charge < -0.3 is 5.32 Å². The lowest BCUT2D eigenvalue weighted by atomic mass is 10.2. The van der Waals surface area contributed by atoms with Gasteiger partial charge in [-0.25, -0.2) is 8.42 Å². The molecule has 0 radical (unpaired) electrons. The highest BCUT2D eigenvalue weighted by atomic mass is 79.9. The summed E-state index contributed by atoms with van der Waals surface area (Å²) in [5.74, 6) is 0. The molecule has 0 bridgehead atoms. The Morgan fingerprint density at radius 2 is 1.80 bits per heavy atom. The fourth-order valence-corrected chi connectivity index (χ4v) is 2.85. The molecule has 0 amide bonds. The Hall–Kier alpha value is -1.04.